The van der Waals surface area contributed by atoms with Gasteiger partial charge in [-0.15, -0.1) is 5.10 Å². The van der Waals surface area contributed by atoms with Crippen LogP contribution < -0.4 is 0 Å². The normalized spacial score (nSPS) is 10.8. The summed E-state index contributed by atoms with van der Waals surface area (Å²) in [4.78, 5) is 11.4. The summed E-state index contributed by atoms with van der Waals surface area (Å²) in [5, 5.41) is 8.29. The Morgan fingerprint density at radius 2 is 2.00 bits per heavy atom. The standard InChI is InChI=1S/C15H12BrN3O2/c1-21-15(20)11-4-2-10(3-5-11)9-19-14-8-12(16)6-7-13(14)17-18-19/h2-8H,9H2,1H3. The molecule has 21 heavy (non-hydrogen) atoms. The molecule has 106 valence electrons. The van der Waals surface area contributed by atoms with Gasteiger partial charge in [0, 0.05) is 4.47 Å². The zero-order valence-corrected chi connectivity index (χ0v) is 12.9. The van der Waals surface area contributed by atoms with Gasteiger partial charge in [0.15, 0.2) is 0 Å². The molecule has 0 amide bonds. The van der Waals surface area contributed by atoms with Crippen LogP contribution in [0.4, 0.5) is 0 Å². The van der Waals surface area contributed by atoms with Gasteiger partial charge in [0.2, 0.25) is 0 Å². The fourth-order valence-electron chi connectivity index (χ4n) is 2.09. The first-order valence-corrected chi connectivity index (χ1v) is 7.12. The number of hydrogen-bond donors (Lipinski definition) is 0. The molecule has 2 aromatic carbocycles. The van der Waals surface area contributed by atoms with Crippen molar-refractivity contribution in [3.8, 4) is 0 Å². The van der Waals surface area contributed by atoms with Crippen LogP contribution in [0.5, 0.6) is 0 Å². The summed E-state index contributed by atoms with van der Waals surface area (Å²) in [5.74, 6) is -0.336. The van der Waals surface area contributed by atoms with Crippen LogP contribution in [0.2, 0.25) is 0 Å². The van der Waals surface area contributed by atoms with Gasteiger partial charge in [-0.05, 0) is 35.9 Å². The molecule has 6 heteroatoms. The Balaban J connectivity index is 1.88. The monoisotopic (exact) mass is 345 g/mol. The van der Waals surface area contributed by atoms with Gasteiger partial charge in [0.25, 0.3) is 0 Å². The highest BCUT2D eigenvalue weighted by molar-refractivity contribution is 9.10. The van der Waals surface area contributed by atoms with Crippen molar-refractivity contribution in [2.24, 2.45) is 0 Å². The van der Waals surface area contributed by atoms with Crippen LogP contribution in [0.25, 0.3) is 11.0 Å². The molecule has 0 spiro atoms. The van der Waals surface area contributed by atoms with E-state index in [4.69, 9.17) is 0 Å². The fraction of sp³-hybridized carbons (Fsp3) is 0.133. The minimum Gasteiger partial charge on any atom is -0.465 e. The molecule has 1 aromatic heterocycles. The quantitative estimate of drug-likeness (QED) is 0.684. The number of benzene rings is 2. The fourth-order valence-corrected chi connectivity index (χ4v) is 2.44. The van der Waals surface area contributed by atoms with Gasteiger partial charge in [0.05, 0.1) is 24.7 Å². The van der Waals surface area contributed by atoms with Gasteiger partial charge in [0.1, 0.15) is 5.52 Å². The van der Waals surface area contributed by atoms with Gasteiger partial charge in [-0.1, -0.05) is 33.3 Å². The summed E-state index contributed by atoms with van der Waals surface area (Å²) in [5.41, 5.74) is 3.38. The first kappa shape index (κ1) is 13.8. The highest BCUT2D eigenvalue weighted by Gasteiger charge is 2.07. The van der Waals surface area contributed by atoms with E-state index in [1.54, 1.807) is 12.1 Å². The lowest BCUT2D eigenvalue weighted by atomic mass is 10.1. The van der Waals surface area contributed by atoms with Crippen LogP contribution in [0.3, 0.4) is 0 Å². The van der Waals surface area contributed by atoms with E-state index in [1.165, 1.54) is 7.11 Å². The Kier molecular flexibility index (Phi) is 3.70. The number of halogens is 1. The number of ether oxygens (including phenoxy) is 1. The van der Waals surface area contributed by atoms with Crippen molar-refractivity contribution in [3.05, 3.63) is 58.1 Å². The lowest BCUT2D eigenvalue weighted by Gasteiger charge is -2.04. The number of carbonyl (C=O) groups excluding carboxylic acids is 1. The predicted octanol–water partition coefficient (Wildman–Crippen LogP) is 3.03. The summed E-state index contributed by atoms with van der Waals surface area (Å²) < 4.78 is 7.49. The third-order valence-electron chi connectivity index (χ3n) is 3.18. The molecule has 1 heterocycles. The van der Waals surface area contributed by atoms with Crippen molar-refractivity contribution >= 4 is 32.9 Å². The van der Waals surface area contributed by atoms with E-state index < -0.39 is 0 Å². The highest BCUT2D eigenvalue weighted by atomic mass is 79.9. The number of esters is 1. The van der Waals surface area contributed by atoms with E-state index in [0.29, 0.717) is 12.1 Å². The second-order valence-corrected chi connectivity index (χ2v) is 5.48. The Morgan fingerprint density at radius 1 is 1.24 bits per heavy atom. The van der Waals surface area contributed by atoms with E-state index in [-0.39, 0.29) is 5.97 Å². The summed E-state index contributed by atoms with van der Waals surface area (Å²) in [7, 11) is 1.37. The van der Waals surface area contributed by atoms with E-state index in [2.05, 4.69) is 31.0 Å². The van der Waals surface area contributed by atoms with Crippen LogP contribution in [0.1, 0.15) is 15.9 Å². The van der Waals surface area contributed by atoms with Gasteiger partial charge in [-0.25, -0.2) is 9.48 Å². The van der Waals surface area contributed by atoms with E-state index >= 15 is 0 Å². The maximum absolute atomic E-state index is 11.4. The van der Waals surface area contributed by atoms with Crippen molar-refractivity contribution in [1.29, 1.82) is 0 Å². The van der Waals surface area contributed by atoms with Crippen molar-refractivity contribution in [1.82, 2.24) is 15.0 Å². The maximum atomic E-state index is 11.4. The minimum atomic E-state index is -0.336. The Morgan fingerprint density at radius 3 is 2.71 bits per heavy atom. The molecule has 0 aliphatic heterocycles. The van der Waals surface area contributed by atoms with Gasteiger partial charge >= 0.3 is 5.97 Å². The molecule has 0 aliphatic rings. The topological polar surface area (TPSA) is 57.0 Å². The van der Waals surface area contributed by atoms with E-state index in [1.807, 2.05) is 35.0 Å². The number of nitrogens with zero attached hydrogens (tertiary/aromatic N) is 3. The van der Waals surface area contributed by atoms with E-state index in [9.17, 15) is 4.79 Å². The number of rotatable bonds is 3. The van der Waals surface area contributed by atoms with Crippen molar-refractivity contribution < 1.29 is 9.53 Å². The minimum absolute atomic E-state index is 0.336. The van der Waals surface area contributed by atoms with Crippen LogP contribution in [0.15, 0.2) is 46.9 Å². The van der Waals surface area contributed by atoms with Crippen molar-refractivity contribution in [3.63, 3.8) is 0 Å². The molecule has 0 radical (unpaired) electrons. The summed E-state index contributed by atoms with van der Waals surface area (Å²) in [6.45, 7) is 0.592. The first-order chi connectivity index (χ1) is 10.2. The molecule has 0 bridgehead atoms. The molecule has 5 nitrogen and oxygen atoms in total. The number of carbonyl (C=O) groups is 1. The number of aromatic nitrogens is 3. The maximum Gasteiger partial charge on any atom is 0.337 e. The number of methoxy groups -OCH3 is 1. The van der Waals surface area contributed by atoms with Crippen LogP contribution in [-0.4, -0.2) is 28.1 Å². The number of fused-ring (bicyclic) bond motifs is 1. The zero-order chi connectivity index (χ0) is 14.8. The molecule has 0 aliphatic carbocycles. The lowest BCUT2D eigenvalue weighted by Crippen LogP contribution is -2.04. The molecule has 0 atom stereocenters. The molecule has 0 N–H and O–H groups in total. The lowest BCUT2D eigenvalue weighted by molar-refractivity contribution is 0.0600. The average molecular weight is 346 g/mol. The average Bonchev–Trinajstić information content (AvgIpc) is 2.89. The van der Waals surface area contributed by atoms with Crippen molar-refractivity contribution in [2.45, 2.75) is 6.54 Å². The Bertz CT molecular complexity index is 796. The Labute approximate surface area is 129 Å². The molecular formula is C15H12BrN3O2. The molecule has 3 aromatic rings. The highest BCUT2D eigenvalue weighted by Crippen LogP contribution is 2.18. The second-order valence-electron chi connectivity index (χ2n) is 4.57. The van der Waals surface area contributed by atoms with Gasteiger partial charge in [-0.3, -0.25) is 0 Å². The smallest absolute Gasteiger partial charge is 0.337 e. The summed E-state index contributed by atoms with van der Waals surface area (Å²) in [6, 6.07) is 13.1. The molecule has 0 saturated carbocycles. The van der Waals surface area contributed by atoms with Gasteiger partial charge in [-0.2, -0.15) is 0 Å². The third-order valence-corrected chi connectivity index (χ3v) is 3.68. The predicted molar refractivity (Wildman–Crippen MR) is 82.1 cm³/mol. The molecule has 0 fully saturated rings. The van der Waals surface area contributed by atoms with Crippen molar-refractivity contribution in [2.75, 3.05) is 7.11 Å². The molecule has 3 rings (SSSR count). The SMILES string of the molecule is COC(=O)c1ccc(Cn2nnc3ccc(Br)cc32)cc1. The Hall–Kier alpha value is -2.21. The largest absolute Gasteiger partial charge is 0.465 e. The summed E-state index contributed by atoms with van der Waals surface area (Å²) >= 11 is 3.45. The van der Waals surface area contributed by atoms with Crippen LogP contribution in [-0.2, 0) is 11.3 Å². The van der Waals surface area contributed by atoms with Crippen LogP contribution in [0, 0.1) is 0 Å². The number of hydrogen-bond acceptors (Lipinski definition) is 4. The first-order valence-electron chi connectivity index (χ1n) is 6.33. The molecule has 0 saturated heterocycles. The second kappa shape index (κ2) is 5.65. The zero-order valence-electron chi connectivity index (χ0n) is 11.3. The van der Waals surface area contributed by atoms with E-state index in [0.717, 1.165) is 21.1 Å². The molecule has 0 unspecified atom stereocenters. The summed E-state index contributed by atoms with van der Waals surface area (Å²) in [6.07, 6.45) is 0. The third kappa shape index (κ3) is 2.80. The van der Waals surface area contributed by atoms with Crippen LogP contribution >= 0.6 is 15.9 Å². The van der Waals surface area contributed by atoms with Gasteiger partial charge < -0.3 is 4.74 Å². The molecular weight excluding hydrogens is 334 g/mol.